The highest BCUT2D eigenvalue weighted by molar-refractivity contribution is 6.30. The maximum Gasteiger partial charge on any atom is 0.0950 e. The van der Waals surface area contributed by atoms with E-state index in [2.05, 4.69) is 5.43 Å². The van der Waals surface area contributed by atoms with Crippen molar-refractivity contribution in [2.45, 2.75) is 12.5 Å². The van der Waals surface area contributed by atoms with Crippen LogP contribution in [0, 0.1) is 0 Å². The van der Waals surface area contributed by atoms with E-state index >= 15 is 0 Å². The molecule has 1 aromatic carbocycles. The van der Waals surface area contributed by atoms with Crippen molar-refractivity contribution in [1.82, 2.24) is 5.43 Å². The summed E-state index contributed by atoms with van der Waals surface area (Å²) in [4.78, 5) is 0. The Kier molecular flexibility index (Phi) is 3.62. The number of hydrazine groups is 1. The highest BCUT2D eigenvalue weighted by atomic mass is 35.5. The van der Waals surface area contributed by atoms with Gasteiger partial charge in [-0.15, -0.1) is 0 Å². The molecule has 1 aromatic heterocycles. The molecule has 2 aromatic rings. The number of rotatable bonds is 4. The first kappa shape index (κ1) is 11.2. The minimum atomic E-state index is 0.0555. The van der Waals surface area contributed by atoms with Gasteiger partial charge in [-0.3, -0.25) is 11.3 Å². The second-order valence-electron chi connectivity index (χ2n) is 3.61. The molecule has 4 heteroatoms. The summed E-state index contributed by atoms with van der Waals surface area (Å²) in [7, 11) is 0. The predicted molar refractivity (Wildman–Crippen MR) is 63.9 cm³/mol. The maximum absolute atomic E-state index is 5.83. The molecule has 3 nitrogen and oxygen atoms in total. The van der Waals surface area contributed by atoms with Gasteiger partial charge in [0.25, 0.3) is 0 Å². The third-order valence-electron chi connectivity index (χ3n) is 2.50. The van der Waals surface area contributed by atoms with E-state index in [-0.39, 0.29) is 6.04 Å². The molecule has 3 N–H and O–H groups in total. The van der Waals surface area contributed by atoms with E-state index in [1.54, 1.807) is 12.5 Å². The standard InChI is InChI=1S/C12H13ClN2O/c13-11-3-1-9(2-4-11)7-12(15-14)10-5-6-16-8-10/h1-6,8,12,15H,7,14H2. The molecule has 0 fully saturated rings. The average Bonchev–Trinajstić information content (AvgIpc) is 2.82. The summed E-state index contributed by atoms with van der Waals surface area (Å²) in [6.07, 6.45) is 4.13. The van der Waals surface area contributed by atoms with Gasteiger partial charge in [0.1, 0.15) is 0 Å². The SMILES string of the molecule is NNC(Cc1ccc(Cl)cc1)c1ccoc1. The summed E-state index contributed by atoms with van der Waals surface area (Å²) in [5.74, 6) is 5.52. The molecular weight excluding hydrogens is 224 g/mol. The van der Waals surface area contributed by atoms with Crippen molar-refractivity contribution in [2.24, 2.45) is 5.84 Å². The molecule has 0 saturated heterocycles. The van der Waals surface area contributed by atoms with Gasteiger partial charge in [0.2, 0.25) is 0 Å². The third kappa shape index (κ3) is 2.64. The summed E-state index contributed by atoms with van der Waals surface area (Å²) >= 11 is 5.83. The number of furan rings is 1. The zero-order chi connectivity index (χ0) is 11.4. The summed E-state index contributed by atoms with van der Waals surface area (Å²) in [5, 5.41) is 0.740. The number of nitrogens with two attached hydrogens (primary N) is 1. The van der Waals surface area contributed by atoms with Gasteiger partial charge in [-0.05, 0) is 30.2 Å². The zero-order valence-corrected chi connectivity index (χ0v) is 9.45. The van der Waals surface area contributed by atoms with Crippen molar-refractivity contribution >= 4 is 11.6 Å². The second-order valence-corrected chi connectivity index (χ2v) is 4.04. The fourth-order valence-electron chi connectivity index (χ4n) is 1.60. The minimum Gasteiger partial charge on any atom is -0.472 e. The van der Waals surface area contributed by atoms with Crippen molar-refractivity contribution in [3.05, 3.63) is 59.0 Å². The predicted octanol–water partition coefficient (Wildman–Crippen LogP) is 2.68. The lowest BCUT2D eigenvalue weighted by atomic mass is 10.0. The van der Waals surface area contributed by atoms with E-state index in [0.29, 0.717) is 0 Å². The van der Waals surface area contributed by atoms with Crippen LogP contribution in [0.2, 0.25) is 5.02 Å². The van der Waals surface area contributed by atoms with Crippen molar-refractivity contribution in [3.8, 4) is 0 Å². The second kappa shape index (κ2) is 5.16. The molecule has 0 aliphatic heterocycles. The van der Waals surface area contributed by atoms with E-state index < -0.39 is 0 Å². The molecule has 1 atom stereocenters. The van der Waals surface area contributed by atoms with Crippen LogP contribution in [0.25, 0.3) is 0 Å². The van der Waals surface area contributed by atoms with E-state index in [9.17, 15) is 0 Å². The van der Waals surface area contributed by atoms with Gasteiger partial charge >= 0.3 is 0 Å². The van der Waals surface area contributed by atoms with Gasteiger partial charge in [0, 0.05) is 10.6 Å². The maximum atomic E-state index is 5.83. The topological polar surface area (TPSA) is 51.2 Å². The summed E-state index contributed by atoms with van der Waals surface area (Å²) in [6, 6.07) is 9.69. The van der Waals surface area contributed by atoms with E-state index in [1.807, 2.05) is 30.3 Å². The molecule has 0 aliphatic carbocycles. The van der Waals surface area contributed by atoms with Crippen LogP contribution < -0.4 is 11.3 Å². The normalized spacial score (nSPS) is 12.6. The molecule has 0 amide bonds. The highest BCUT2D eigenvalue weighted by Gasteiger charge is 2.11. The largest absolute Gasteiger partial charge is 0.472 e. The summed E-state index contributed by atoms with van der Waals surface area (Å²) < 4.78 is 5.04. The number of hydrogen-bond donors (Lipinski definition) is 2. The van der Waals surface area contributed by atoms with Gasteiger partial charge in [0.15, 0.2) is 0 Å². The summed E-state index contributed by atoms with van der Waals surface area (Å²) in [6.45, 7) is 0. The Morgan fingerprint density at radius 1 is 1.25 bits per heavy atom. The summed E-state index contributed by atoms with van der Waals surface area (Å²) in [5.41, 5.74) is 4.99. The smallest absolute Gasteiger partial charge is 0.0950 e. The number of halogens is 1. The molecule has 1 heterocycles. The molecule has 84 valence electrons. The van der Waals surface area contributed by atoms with Gasteiger partial charge in [-0.2, -0.15) is 0 Å². The lowest BCUT2D eigenvalue weighted by Gasteiger charge is -2.13. The van der Waals surface area contributed by atoms with Crippen LogP contribution in [0.4, 0.5) is 0 Å². The van der Waals surface area contributed by atoms with Gasteiger partial charge < -0.3 is 4.42 Å². The number of benzene rings is 1. The molecule has 16 heavy (non-hydrogen) atoms. The molecular formula is C12H13ClN2O. The average molecular weight is 237 g/mol. The minimum absolute atomic E-state index is 0.0555. The Morgan fingerprint density at radius 2 is 2.00 bits per heavy atom. The molecule has 0 spiro atoms. The lowest BCUT2D eigenvalue weighted by molar-refractivity contribution is 0.525. The first-order valence-electron chi connectivity index (χ1n) is 5.02. The van der Waals surface area contributed by atoms with E-state index in [0.717, 1.165) is 17.0 Å². The van der Waals surface area contributed by atoms with Crippen molar-refractivity contribution < 1.29 is 4.42 Å². The number of hydrogen-bond acceptors (Lipinski definition) is 3. The molecule has 0 radical (unpaired) electrons. The molecule has 0 saturated carbocycles. The zero-order valence-electron chi connectivity index (χ0n) is 8.69. The van der Waals surface area contributed by atoms with Crippen LogP contribution in [0.5, 0.6) is 0 Å². The van der Waals surface area contributed by atoms with Gasteiger partial charge in [0.05, 0.1) is 18.6 Å². The Bertz CT molecular complexity index is 425. The molecule has 2 rings (SSSR count). The van der Waals surface area contributed by atoms with Crippen LogP contribution in [0.15, 0.2) is 47.3 Å². The van der Waals surface area contributed by atoms with Crippen molar-refractivity contribution in [3.63, 3.8) is 0 Å². The third-order valence-corrected chi connectivity index (χ3v) is 2.75. The first-order valence-corrected chi connectivity index (χ1v) is 5.40. The first-order chi connectivity index (χ1) is 7.79. The van der Waals surface area contributed by atoms with Crippen LogP contribution >= 0.6 is 11.6 Å². The monoisotopic (exact) mass is 236 g/mol. The number of nitrogens with one attached hydrogen (secondary N) is 1. The highest BCUT2D eigenvalue weighted by Crippen LogP contribution is 2.19. The van der Waals surface area contributed by atoms with E-state index in [4.69, 9.17) is 21.9 Å². The fraction of sp³-hybridized carbons (Fsp3) is 0.167. The fourth-order valence-corrected chi connectivity index (χ4v) is 1.73. The Labute approximate surface area is 99.2 Å². The van der Waals surface area contributed by atoms with Gasteiger partial charge in [-0.1, -0.05) is 23.7 Å². The van der Waals surface area contributed by atoms with E-state index in [1.165, 1.54) is 5.56 Å². The molecule has 0 bridgehead atoms. The van der Waals surface area contributed by atoms with Crippen LogP contribution in [-0.4, -0.2) is 0 Å². The Morgan fingerprint density at radius 3 is 2.56 bits per heavy atom. The Hall–Kier alpha value is -1.29. The lowest BCUT2D eigenvalue weighted by Crippen LogP contribution is -2.29. The van der Waals surface area contributed by atoms with Crippen molar-refractivity contribution in [1.29, 1.82) is 0 Å². The van der Waals surface area contributed by atoms with Crippen LogP contribution in [0.3, 0.4) is 0 Å². The molecule has 0 aliphatic rings. The van der Waals surface area contributed by atoms with Crippen molar-refractivity contribution in [2.75, 3.05) is 0 Å². The van der Waals surface area contributed by atoms with Crippen LogP contribution in [-0.2, 0) is 6.42 Å². The quantitative estimate of drug-likeness (QED) is 0.634. The van der Waals surface area contributed by atoms with Crippen LogP contribution in [0.1, 0.15) is 17.2 Å². The molecule has 1 unspecified atom stereocenters. The Balaban J connectivity index is 2.10. The van der Waals surface area contributed by atoms with Gasteiger partial charge in [-0.25, -0.2) is 0 Å².